The standard InChI is InChI=1S/C18H24F3N5OS.HI/c1-5-22-17(23-7-6-15-26-14(10-28-15)18(19,20)21)25-9-13-12(3)16(27-4)11(2)8-24-13;/h8,10H,5-7,9H2,1-4H3,(H2,22,23,25);1H. The number of ether oxygens (including phenoxy) is 1. The van der Waals surface area contributed by atoms with Crippen molar-refractivity contribution in [2.45, 2.75) is 39.9 Å². The van der Waals surface area contributed by atoms with E-state index in [1.807, 2.05) is 20.8 Å². The summed E-state index contributed by atoms with van der Waals surface area (Å²) in [6.45, 7) is 7.23. The molecule has 0 aromatic carbocycles. The van der Waals surface area contributed by atoms with E-state index in [1.54, 1.807) is 13.3 Å². The first-order chi connectivity index (χ1) is 13.3. The molecule has 0 bridgehead atoms. The van der Waals surface area contributed by atoms with Crippen molar-refractivity contribution in [3.8, 4) is 5.75 Å². The van der Waals surface area contributed by atoms with Gasteiger partial charge in [-0.3, -0.25) is 4.98 Å². The fraction of sp³-hybridized carbons (Fsp3) is 0.500. The normalized spacial score (nSPS) is 11.8. The second-order valence-corrected chi connectivity index (χ2v) is 6.98. The van der Waals surface area contributed by atoms with Crippen LogP contribution in [0.1, 0.15) is 34.4 Å². The third kappa shape index (κ3) is 7.28. The fourth-order valence-electron chi connectivity index (χ4n) is 2.57. The van der Waals surface area contributed by atoms with Crippen molar-refractivity contribution in [1.29, 1.82) is 0 Å². The van der Waals surface area contributed by atoms with Gasteiger partial charge in [0.15, 0.2) is 11.7 Å². The lowest BCUT2D eigenvalue weighted by molar-refractivity contribution is -0.140. The Hall–Kier alpha value is -1.63. The second kappa shape index (κ2) is 11.5. The Labute approximate surface area is 189 Å². The van der Waals surface area contributed by atoms with Gasteiger partial charge in [0, 0.05) is 42.2 Å². The number of aliphatic imine (C=N–C) groups is 1. The van der Waals surface area contributed by atoms with E-state index in [1.165, 1.54) is 0 Å². The molecule has 0 aliphatic carbocycles. The SMILES string of the molecule is CCNC(=NCc1ncc(C)c(OC)c1C)NCCc1nc(C(F)(F)F)cs1.I. The van der Waals surface area contributed by atoms with Crippen molar-refractivity contribution in [1.82, 2.24) is 20.6 Å². The molecule has 29 heavy (non-hydrogen) atoms. The van der Waals surface area contributed by atoms with Gasteiger partial charge >= 0.3 is 6.18 Å². The summed E-state index contributed by atoms with van der Waals surface area (Å²) in [5.41, 5.74) is 1.85. The number of aryl methyl sites for hydroxylation is 1. The molecule has 2 aromatic rings. The number of guanidine groups is 1. The smallest absolute Gasteiger partial charge is 0.434 e. The van der Waals surface area contributed by atoms with Gasteiger partial charge in [-0.1, -0.05) is 0 Å². The lowest BCUT2D eigenvalue weighted by Gasteiger charge is -2.13. The van der Waals surface area contributed by atoms with Crippen LogP contribution in [0, 0.1) is 13.8 Å². The summed E-state index contributed by atoms with van der Waals surface area (Å²) in [5, 5.41) is 7.69. The Kier molecular flexibility index (Phi) is 10.1. The number of nitrogens with one attached hydrogen (secondary N) is 2. The molecule has 11 heteroatoms. The Morgan fingerprint density at radius 1 is 1.28 bits per heavy atom. The molecule has 0 atom stereocenters. The average Bonchev–Trinajstić information content (AvgIpc) is 3.11. The van der Waals surface area contributed by atoms with Crippen molar-refractivity contribution < 1.29 is 17.9 Å². The minimum absolute atomic E-state index is 0. The molecule has 0 fully saturated rings. The molecule has 0 saturated carbocycles. The summed E-state index contributed by atoms with van der Waals surface area (Å²) in [6.07, 6.45) is -2.28. The summed E-state index contributed by atoms with van der Waals surface area (Å²) >= 11 is 1.00. The van der Waals surface area contributed by atoms with E-state index in [2.05, 4.69) is 25.6 Å². The number of alkyl halides is 3. The van der Waals surface area contributed by atoms with Crippen LogP contribution in [0.25, 0.3) is 0 Å². The van der Waals surface area contributed by atoms with Crippen molar-refractivity contribution >= 4 is 41.3 Å². The summed E-state index contributed by atoms with van der Waals surface area (Å²) in [5.74, 6) is 1.36. The molecule has 0 saturated heterocycles. The molecule has 2 aromatic heterocycles. The molecular formula is C18H25F3IN5OS. The van der Waals surface area contributed by atoms with Gasteiger partial charge in [0.2, 0.25) is 0 Å². The van der Waals surface area contributed by atoms with Crippen molar-refractivity contribution in [2.24, 2.45) is 4.99 Å². The van der Waals surface area contributed by atoms with Gasteiger partial charge in [0.05, 0.1) is 24.4 Å². The van der Waals surface area contributed by atoms with Crippen LogP contribution in [0.5, 0.6) is 5.75 Å². The van der Waals surface area contributed by atoms with Gasteiger partial charge in [-0.05, 0) is 20.8 Å². The Bertz CT molecular complexity index is 826. The van der Waals surface area contributed by atoms with E-state index in [0.717, 1.165) is 39.3 Å². The van der Waals surface area contributed by atoms with Gasteiger partial charge in [-0.25, -0.2) is 9.98 Å². The first kappa shape index (κ1) is 25.4. The highest BCUT2D eigenvalue weighted by atomic mass is 127. The molecule has 162 valence electrons. The Morgan fingerprint density at radius 2 is 2.00 bits per heavy atom. The number of methoxy groups -OCH3 is 1. The van der Waals surface area contributed by atoms with Gasteiger partial charge in [0.25, 0.3) is 0 Å². The highest BCUT2D eigenvalue weighted by Gasteiger charge is 2.33. The zero-order valence-corrected chi connectivity index (χ0v) is 19.8. The van der Waals surface area contributed by atoms with Crippen LogP contribution < -0.4 is 15.4 Å². The van der Waals surface area contributed by atoms with E-state index in [-0.39, 0.29) is 24.0 Å². The number of hydrogen-bond donors (Lipinski definition) is 2. The summed E-state index contributed by atoms with van der Waals surface area (Å²) in [7, 11) is 1.62. The van der Waals surface area contributed by atoms with Crippen molar-refractivity contribution in [2.75, 3.05) is 20.2 Å². The monoisotopic (exact) mass is 543 g/mol. The van der Waals surface area contributed by atoms with Gasteiger partial charge in [-0.15, -0.1) is 35.3 Å². The number of nitrogens with zero attached hydrogens (tertiary/aromatic N) is 3. The minimum Gasteiger partial charge on any atom is -0.496 e. The lowest BCUT2D eigenvalue weighted by atomic mass is 10.1. The van der Waals surface area contributed by atoms with Crippen LogP contribution in [0.4, 0.5) is 13.2 Å². The first-order valence-corrected chi connectivity index (χ1v) is 9.67. The van der Waals surface area contributed by atoms with Crippen LogP contribution in [0.3, 0.4) is 0 Å². The van der Waals surface area contributed by atoms with E-state index >= 15 is 0 Å². The molecule has 2 heterocycles. The maximum atomic E-state index is 12.6. The summed E-state index contributed by atoms with van der Waals surface area (Å²) in [4.78, 5) is 12.5. The molecule has 0 aliphatic heterocycles. The fourth-order valence-corrected chi connectivity index (χ4v) is 3.37. The molecule has 0 aliphatic rings. The maximum absolute atomic E-state index is 12.6. The third-order valence-electron chi connectivity index (χ3n) is 3.95. The first-order valence-electron chi connectivity index (χ1n) is 8.79. The van der Waals surface area contributed by atoms with E-state index in [4.69, 9.17) is 4.74 Å². The zero-order chi connectivity index (χ0) is 20.7. The number of aromatic nitrogens is 2. The summed E-state index contributed by atoms with van der Waals surface area (Å²) in [6, 6.07) is 0. The predicted molar refractivity (Wildman–Crippen MR) is 119 cm³/mol. The summed E-state index contributed by atoms with van der Waals surface area (Å²) < 4.78 is 43.2. The maximum Gasteiger partial charge on any atom is 0.434 e. The lowest BCUT2D eigenvalue weighted by Crippen LogP contribution is -2.38. The molecule has 6 nitrogen and oxygen atoms in total. The van der Waals surface area contributed by atoms with Gasteiger partial charge in [-0.2, -0.15) is 13.2 Å². The Balaban J connectivity index is 0.00000420. The van der Waals surface area contributed by atoms with Crippen molar-refractivity contribution in [3.63, 3.8) is 0 Å². The largest absolute Gasteiger partial charge is 0.496 e. The third-order valence-corrected chi connectivity index (χ3v) is 4.86. The van der Waals surface area contributed by atoms with Crippen LogP contribution in [-0.4, -0.2) is 36.1 Å². The Morgan fingerprint density at radius 3 is 2.59 bits per heavy atom. The molecule has 0 unspecified atom stereocenters. The number of hydrogen-bond acceptors (Lipinski definition) is 5. The second-order valence-electron chi connectivity index (χ2n) is 6.04. The number of rotatable bonds is 7. The number of pyridine rings is 1. The molecule has 0 spiro atoms. The highest BCUT2D eigenvalue weighted by molar-refractivity contribution is 14.0. The molecule has 2 rings (SSSR count). The zero-order valence-electron chi connectivity index (χ0n) is 16.7. The quantitative estimate of drug-likeness (QED) is 0.313. The highest BCUT2D eigenvalue weighted by Crippen LogP contribution is 2.30. The molecular weight excluding hydrogens is 518 g/mol. The van der Waals surface area contributed by atoms with Crippen LogP contribution in [-0.2, 0) is 19.1 Å². The molecule has 0 amide bonds. The van der Waals surface area contributed by atoms with Gasteiger partial charge < -0.3 is 15.4 Å². The van der Waals surface area contributed by atoms with Crippen LogP contribution in [0.15, 0.2) is 16.6 Å². The number of halogens is 4. The van der Waals surface area contributed by atoms with E-state index < -0.39 is 11.9 Å². The predicted octanol–water partition coefficient (Wildman–Crippen LogP) is 4.10. The molecule has 2 N–H and O–H groups in total. The average molecular weight is 543 g/mol. The van der Waals surface area contributed by atoms with E-state index in [9.17, 15) is 13.2 Å². The minimum atomic E-state index is -4.40. The van der Waals surface area contributed by atoms with Gasteiger partial charge in [0.1, 0.15) is 5.75 Å². The van der Waals surface area contributed by atoms with Crippen LogP contribution >= 0.6 is 35.3 Å². The molecule has 0 radical (unpaired) electrons. The van der Waals surface area contributed by atoms with Crippen LogP contribution in [0.2, 0.25) is 0 Å². The number of thiazole rings is 1. The van der Waals surface area contributed by atoms with E-state index in [0.29, 0.717) is 37.0 Å². The van der Waals surface area contributed by atoms with Crippen molar-refractivity contribution in [3.05, 3.63) is 39.1 Å². The topological polar surface area (TPSA) is 71.4 Å².